The van der Waals surface area contributed by atoms with Gasteiger partial charge in [0, 0.05) is 37.2 Å². The molecule has 1 heterocycles. The van der Waals surface area contributed by atoms with Crippen LogP contribution in [0.5, 0.6) is 0 Å². The van der Waals surface area contributed by atoms with Crippen molar-refractivity contribution in [2.24, 2.45) is 11.1 Å². The Morgan fingerprint density at radius 3 is 2.53 bits per heavy atom. The van der Waals surface area contributed by atoms with Crippen LogP contribution in [-0.2, 0) is 9.47 Å². The predicted octanol–water partition coefficient (Wildman–Crippen LogP) is 1.63. The zero-order valence-electron chi connectivity index (χ0n) is 13.2. The molecule has 4 nitrogen and oxygen atoms in total. The highest BCUT2D eigenvalue weighted by Crippen LogP contribution is 2.50. The SMILES string of the molecule is CCOC1CC(N)(CN2CCOC(C)(C)C2)C1(C)C. The molecule has 0 radical (unpaired) electrons. The van der Waals surface area contributed by atoms with Gasteiger partial charge in [0.15, 0.2) is 0 Å². The van der Waals surface area contributed by atoms with Gasteiger partial charge in [-0.15, -0.1) is 0 Å². The first kappa shape index (κ1) is 15.2. The summed E-state index contributed by atoms with van der Waals surface area (Å²) in [5, 5.41) is 0. The summed E-state index contributed by atoms with van der Waals surface area (Å²) in [5.74, 6) is 0. The smallest absolute Gasteiger partial charge is 0.0753 e. The van der Waals surface area contributed by atoms with Gasteiger partial charge in [0.05, 0.1) is 18.3 Å². The fourth-order valence-corrected chi connectivity index (χ4v) is 3.42. The fraction of sp³-hybridized carbons (Fsp3) is 1.00. The first-order valence-corrected chi connectivity index (χ1v) is 7.47. The van der Waals surface area contributed by atoms with E-state index in [9.17, 15) is 0 Å². The molecule has 19 heavy (non-hydrogen) atoms. The van der Waals surface area contributed by atoms with Crippen LogP contribution in [0.3, 0.4) is 0 Å². The minimum Gasteiger partial charge on any atom is -0.378 e. The minimum absolute atomic E-state index is 0.0471. The number of morpholine rings is 1. The Bertz CT molecular complexity index is 330. The largest absolute Gasteiger partial charge is 0.378 e. The third-order valence-electron chi connectivity index (χ3n) is 5.02. The van der Waals surface area contributed by atoms with Crippen LogP contribution >= 0.6 is 0 Å². The van der Waals surface area contributed by atoms with Crippen molar-refractivity contribution in [2.75, 3.05) is 32.8 Å². The van der Waals surface area contributed by atoms with E-state index in [1.807, 2.05) is 0 Å². The molecule has 4 heteroatoms. The molecule has 1 aliphatic carbocycles. The molecule has 2 unspecified atom stereocenters. The summed E-state index contributed by atoms with van der Waals surface area (Å²) >= 11 is 0. The molecule has 1 saturated carbocycles. The summed E-state index contributed by atoms with van der Waals surface area (Å²) in [4.78, 5) is 2.45. The molecule has 1 saturated heterocycles. The summed E-state index contributed by atoms with van der Waals surface area (Å²) < 4.78 is 11.6. The first-order valence-electron chi connectivity index (χ1n) is 7.47. The molecule has 2 rings (SSSR count). The Labute approximate surface area is 117 Å². The lowest BCUT2D eigenvalue weighted by Gasteiger charge is -2.61. The molecule has 0 aromatic rings. The van der Waals surface area contributed by atoms with Gasteiger partial charge in [-0.05, 0) is 27.2 Å². The molecule has 0 spiro atoms. The maximum Gasteiger partial charge on any atom is 0.0753 e. The third kappa shape index (κ3) is 2.82. The molecule has 0 aromatic heterocycles. The third-order valence-corrected chi connectivity index (χ3v) is 5.02. The Hall–Kier alpha value is -0.160. The quantitative estimate of drug-likeness (QED) is 0.843. The van der Waals surface area contributed by atoms with E-state index in [0.717, 1.165) is 39.3 Å². The molecule has 0 amide bonds. The van der Waals surface area contributed by atoms with Crippen molar-refractivity contribution in [2.45, 2.75) is 58.3 Å². The fourth-order valence-electron chi connectivity index (χ4n) is 3.42. The molecule has 2 atom stereocenters. The van der Waals surface area contributed by atoms with Gasteiger partial charge in [-0.25, -0.2) is 0 Å². The zero-order valence-corrected chi connectivity index (χ0v) is 13.2. The van der Waals surface area contributed by atoms with Crippen LogP contribution in [0.1, 0.15) is 41.0 Å². The second-order valence-corrected chi connectivity index (χ2v) is 7.34. The van der Waals surface area contributed by atoms with E-state index in [4.69, 9.17) is 15.2 Å². The van der Waals surface area contributed by atoms with Crippen LogP contribution in [-0.4, -0.2) is 55.0 Å². The molecule has 2 fully saturated rings. The van der Waals surface area contributed by atoms with Crippen molar-refractivity contribution in [3.05, 3.63) is 0 Å². The van der Waals surface area contributed by atoms with E-state index in [2.05, 4.69) is 39.5 Å². The average molecular weight is 270 g/mol. The molecule has 1 aliphatic heterocycles. The molecule has 2 N–H and O–H groups in total. The lowest BCUT2D eigenvalue weighted by molar-refractivity contribution is -0.167. The highest BCUT2D eigenvalue weighted by Gasteiger charge is 2.59. The van der Waals surface area contributed by atoms with E-state index < -0.39 is 0 Å². The van der Waals surface area contributed by atoms with Crippen LogP contribution < -0.4 is 5.73 Å². The number of nitrogens with two attached hydrogens (primary N) is 1. The average Bonchev–Trinajstić information content (AvgIpc) is 2.27. The first-order chi connectivity index (χ1) is 8.70. The van der Waals surface area contributed by atoms with Crippen molar-refractivity contribution < 1.29 is 9.47 Å². The van der Waals surface area contributed by atoms with Gasteiger partial charge >= 0.3 is 0 Å². The van der Waals surface area contributed by atoms with Crippen molar-refractivity contribution in [1.29, 1.82) is 0 Å². The van der Waals surface area contributed by atoms with Gasteiger partial charge in [-0.3, -0.25) is 4.90 Å². The summed E-state index contributed by atoms with van der Waals surface area (Å²) in [6.45, 7) is 15.3. The van der Waals surface area contributed by atoms with Crippen molar-refractivity contribution in [1.82, 2.24) is 4.90 Å². The number of nitrogens with zero attached hydrogens (tertiary/aromatic N) is 1. The van der Waals surface area contributed by atoms with Crippen molar-refractivity contribution >= 4 is 0 Å². The van der Waals surface area contributed by atoms with Crippen LogP contribution in [0.15, 0.2) is 0 Å². The second kappa shape index (κ2) is 4.99. The van der Waals surface area contributed by atoms with E-state index in [1.54, 1.807) is 0 Å². The van der Waals surface area contributed by atoms with Crippen LogP contribution in [0.25, 0.3) is 0 Å². The lowest BCUT2D eigenvalue weighted by Crippen LogP contribution is -2.74. The normalized spacial score (nSPS) is 37.9. The van der Waals surface area contributed by atoms with Crippen LogP contribution in [0.2, 0.25) is 0 Å². The maximum atomic E-state index is 6.66. The molecular formula is C15H30N2O2. The van der Waals surface area contributed by atoms with E-state index in [1.165, 1.54) is 0 Å². The Morgan fingerprint density at radius 1 is 1.32 bits per heavy atom. The lowest BCUT2D eigenvalue weighted by atomic mass is 9.54. The van der Waals surface area contributed by atoms with Crippen molar-refractivity contribution in [3.63, 3.8) is 0 Å². The highest BCUT2D eigenvalue weighted by molar-refractivity contribution is 5.15. The second-order valence-electron chi connectivity index (χ2n) is 7.34. The number of rotatable bonds is 4. The maximum absolute atomic E-state index is 6.66. The van der Waals surface area contributed by atoms with Gasteiger partial charge in [-0.1, -0.05) is 13.8 Å². The monoisotopic (exact) mass is 270 g/mol. The van der Waals surface area contributed by atoms with Crippen LogP contribution in [0, 0.1) is 5.41 Å². The van der Waals surface area contributed by atoms with E-state index in [-0.39, 0.29) is 16.6 Å². The molecule has 2 aliphatic rings. The number of hydrogen-bond acceptors (Lipinski definition) is 4. The van der Waals surface area contributed by atoms with Crippen LogP contribution in [0.4, 0.5) is 0 Å². The molecule has 0 aromatic carbocycles. The summed E-state index contributed by atoms with van der Waals surface area (Å²) in [6.07, 6.45) is 1.27. The molecule has 112 valence electrons. The van der Waals surface area contributed by atoms with E-state index in [0.29, 0.717) is 6.10 Å². The summed E-state index contributed by atoms with van der Waals surface area (Å²) in [5.41, 5.74) is 6.51. The summed E-state index contributed by atoms with van der Waals surface area (Å²) in [7, 11) is 0. The topological polar surface area (TPSA) is 47.7 Å². The molecule has 0 bridgehead atoms. The van der Waals surface area contributed by atoms with E-state index >= 15 is 0 Å². The van der Waals surface area contributed by atoms with Gasteiger partial charge in [0.1, 0.15) is 0 Å². The Kier molecular flexibility index (Phi) is 4.00. The Morgan fingerprint density at radius 2 is 2.00 bits per heavy atom. The van der Waals surface area contributed by atoms with Gasteiger partial charge in [0.25, 0.3) is 0 Å². The van der Waals surface area contributed by atoms with Gasteiger partial charge < -0.3 is 15.2 Å². The van der Waals surface area contributed by atoms with Gasteiger partial charge in [0.2, 0.25) is 0 Å². The summed E-state index contributed by atoms with van der Waals surface area (Å²) in [6, 6.07) is 0. The standard InChI is InChI=1S/C15H30N2O2/c1-6-18-12-9-15(16,14(12,4)5)11-17-7-8-19-13(2,3)10-17/h12H,6-11,16H2,1-5H3. The Balaban J connectivity index is 1.96. The minimum atomic E-state index is -0.139. The highest BCUT2D eigenvalue weighted by atomic mass is 16.5. The van der Waals surface area contributed by atoms with Gasteiger partial charge in [-0.2, -0.15) is 0 Å². The zero-order chi connectivity index (χ0) is 14.3. The number of ether oxygens (including phenoxy) is 2. The number of hydrogen-bond donors (Lipinski definition) is 1. The molecular weight excluding hydrogens is 240 g/mol. The predicted molar refractivity (Wildman–Crippen MR) is 77.2 cm³/mol. The van der Waals surface area contributed by atoms with Crippen molar-refractivity contribution in [3.8, 4) is 0 Å².